The fraction of sp³-hybridized carbons (Fsp3) is 0.278. The van der Waals surface area contributed by atoms with Gasteiger partial charge >= 0.3 is 5.97 Å². The van der Waals surface area contributed by atoms with Gasteiger partial charge in [-0.25, -0.2) is 4.79 Å². The van der Waals surface area contributed by atoms with Gasteiger partial charge in [-0.15, -0.1) is 0 Å². The van der Waals surface area contributed by atoms with E-state index in [0.29, 0.717) is 12.2 Å². The summed E-state index contributed by atoms with van der Waals surface area (Å²) in [6.07, 6.45) is 0.830. The summed E-state index contributed by atoms with van der Waals surface area (Å²) >= 11 is 0. The Bertz CT molecular complexity index is 608. The highest BCUT2D eigenvalue weighted by molar-refractivity contribution is 5.90. The quantitative estimate of drug-likeness (QED) is 0.808. The van der Waals surface area contributed by atoms with E-state index in [1.165, 1.54) is 11.1 Å². The van der Waals surface area contributed by atoms with Crippen LogP contribution in [-0.2, 0) is 11.3 Å². The van der Waals surface area contributed by atoms with Crippen LogP contribution in [0.3, 0.4) is 0 Å². The van der Waals surface area contributed by atoms with E-state index in [4.69, 9.17) is 4.74 Å². The lowest BCUT2D eigenvalue weighted by Crippen LogP contribution is -2.07. The standard InChI is InChI=1S/C18H21NO2/c1-3-11-21-18(20)15-9-6-10-17(12-15)19-13-16-8-5-4-7-14(16)2/h4-10,12,19H,3,11,13H2,1-2H3. The lowest BCUT2D eigenvalue weighted by Gasteiger charge is -2.10. The van der Waals surface area contributed by atoms with Gasteiger partial charge in [0.15, 0.2) is 0 Å². The summed E-state index contributed by atoms with van der Waals surface area (Å²) in [6, 6.07) is 15.7. The molecule has 0 amide bonds. The Labute approximate surface area is 126 Å². The molecule has 0 aliphatic heterocycles. The molecule has 3 heteroatoms. The summed E-state index contributed by atoms with van der Waals surface area (Å²) in [5.74, 6) is -0.267. The third-order valence-corrected chi connectivity index (χ3v) is 3.28. The van der Waals surface area contributed by atoms with Crippen molar-refractivity contribution in [2.24, 2.45) is 0 Å². The molecule has 2 rings (SSSR count). The van der Waals surface area contributed by atoms with Crippen LogP contribution in [0.4, 0.5) is 5.69 Å². The van der Waals surface area contributed by atoms with Crippen molar-refractivity contribution in [3.05, 3.63) is 65.2 Å². The van der Waals surface area contributed by atoms with E-state index >= 15 is 0 Å². The Morgan fingerprint density at radius 2 is 1.95 bits per heavy atom. The predicted octanol–water partition coefficient (Wildman–Crippen LogP) is 4.17. The number of anilines is 1. The molecule has 0 fully saturated rings. The number of ether oxygens (including phenoxy) is 1. The molecule has 3 nitrogen and oxygen atoms in total. The summed E-state index contributed by atoms with van der Waals surface area (Å²) in [5, 5.41) is 3.35. The van der Waals surface area contributed by atoms with Crippen molar-refractivity contribution < 1.29 is 9.53 Å². The second kappa shape index (κ2) is 7.48. The van der Waals surface area contributed by atoms with Crippen molar-refractivity contribution in [3.63, 3.8) is 0 Å². The van der Waals surface area contributed by atoms with E-state index in [1.54, 1.807) is 6.07 Å². The Kier molecular flexibility index (Phi) is 5.38. The maximum Gasteiger partial charge on any atom is 0.338 e. The summed E-state index contributed by atoms with van der Waals surface area (Å²) in [6.45, 7) is 5.27. The van der Waals surface area contributed by atoms with Gasteiger partial charge in [0.05, 0.1) is 12.2 Å². The molecular formula is C18H21NO2. The van der Waals surface area contributed by atoms with E-state index in [9.17, 15) is 4.79 Å². The lowest BCUT2D eigenvalue weighted by atomic mass is 10.1. The van der Waals surface area contributed by atoms with Crippen LogP contribution in [0.5, 0.6) is 0 Å². The van der Waals surface area contributed by atoms with Crippen molar-refractivity contribution in [1.29, 1.82) is 0 Å². The number of benzene rings is 2. The third kappa shape index (κ3) is 4.35. The maximum atomic E-state index is 11.8. The molecule has 0 saturated carbocycles. The monoisotopic (exact) mass is 283 g/mol. The topological polar surface area (TPSA) is 38.3 Å². The largest absolute Gasteiger partial charge is 0.462 e. The van der Waals surface area contributed by atoms with Crippen LogP contribution < -0.4 is 5.32 Å². The van der Waals surface area contributed by atoms with Gasteiger partial charge in [-0.1, -0.05) is 37.3 Å². The van der Waals surface area contributed by atoms with Crippen molar-refractivity contribution in [3.8, 4) is 0 Å². The molecule has 0 aliphatic carbocycles. The summed E-state index contributed by atoms with van der Waals surface area (Å²) in [5.41, 5.74) is 4.00. The average Bonchev–Trinajstić information content (AvgIpc) is 2.52. The summed E-state index contributed by atoms with van der Waals surface area (Å²) in [4.78, 5) is 11.8. The molecule has 2 aromatic carbocycles. The molecule has 2 aromatic rings. The highest BCUT2D eigenvalue weighted by Crippen LogP contribution is 2.14. The Morgan fingerprint density at radius 1 is 1.14 bits per heavy atom. The first-order valence-corrected chi connectivity index (χ1v) is 7.26. The number of hydrogen-bond acceptors (Lipinski definition) is 3. The van der Waals surface area contributed by atoms with E-state index in [0.717, 1.165) is 18.7 Å². The van der Waals surface area contributed by atoms with E-state index in [1.807, 2.05) is 37.3 Å². The summed E-state index contributed by atoms with van der Waals surface area (Å²) in [7, 11) is 0. The second-order valence-corrected chi connectivity index (χ2v) is 5.00. The van der Waals surface area contributed by atoms with E-state index in [2.05, 4.69) is 24.4 Å². The van der Waals surface area contributed by atoms with Crippen molar-refractivity contribution in [2.45, 2.75) is 26.8 Å². The van der Waals surface area contributed by atoms with Gasteiger partial charge in [0.25, 0.3) is 0 Å². The van der Waals surface area contributed by atoms with Gasteiger partial charge in [-0.3, -0.25) is 0 Å². The van der Waals surface area contributed by atoms with Gasteiger partial charge < -0.3 is 10.1 Å². The maximum absolute atomic E-state index is 11.8. The molecule has 0 atom stereocenters. The molecule has 0 spiro atoms. The molecule has 0 radical (unpaired) electrons. The number of carbonyl (C=O) groups excluding carboxylic acids is 1. The molecular weight excluding hydrogens is 262 g/mol. The zero-order chi connectivity index (χ0) is 15.1. The molecule has 0 unspecified atom stereocenters. The number of nitrogens with one attached hydrogen (secondary N) is 1. The van der Waals surface area contributed by atoms with Gasteiger partial charge in [0.2, 0.25) is 0 Å². The van der Waals surface area contributed by atoms with Crippen molar-refractivity contribution >= 4 is 11.7 Å². The first kappa shape index (κ1) is 15.1. The Morgan fingerprint density at radius 3 is 2.71 bits per heavy atom. The second-order valence-electron chi connectivity index (χ2n) is 5.00. The molecule has 0 aromatic heterocycles. The predicted molar refractivity (Wildman–Crippen MR) is 85.5 cm³/mol. The molecule has 21 heavy (non-hydrogen) atoms. The Hall–Kier alpha value is -2.29. The fourth-order valence-electron chi connectivity index (χ4n) is 2.04. The van der Waals surface area contributed by atoms with Gasteiger partial charge in [-0.2, -0.15) is 0 Å². The first-order chi connectivity index (χ1) is 10.2. The van der Waals surface area contributed by atoms with Crippen LogP contribution in [0.2, 0.25) is 0 Å². The van der Waals surface area contributed by atoms with Gasteiger partial charge in [0, 0.05) is 12.2 Å². The number of aryl methyl sites for hydroxylation is 1. The summed E-state index contributed by atoms with van der Waals surface area (Å²) < 4.78 is 5.15. The van der Waals surface area contributed by atoms with E-state index < -0.39 is 0 Å². The number of carbonyl (C=O) groups is 1. The highest BCUT2D eigenvalue weighted by Gasteiger charge is 2.07. The van der Waals surface area contributed by atoms with Gasteiger partial charge in [-0.05, 0) is 42.7 Å². The third-order valence-electron chi connectivity index (χ3n) is 3.28. The molecule has 0 bridgehead atoms. The van der Waals surface area contributed by atoms with Crippen LogP contribution in [0.25, 0.3) is 0 Å². The van der Waals surface area contributed by atoms with Crippen molar-refractivity contribution in [1.82, 2.24) is 0 Å². The zero-order valence-corrected chi connectivity index (χ0v) is 12.6. The normalized spacial score (nSPS) is 10.2. The molecule has 110 valence electrons. The van der Waals surface area contributed by atoms with Crippen molar-refractivity contribution in [2.75, 3.05) is 11.9 Å². The number of hydrogen-bond donors (Lipinski definition) is 1. The SMILES string of the molecule is CCCOC(=O)c1cccc(NCc2ccccc2C)c1. The molecule has 0 heterocycles. The van der Waals surface area contributed by atoms with Crippen LogP contribution in [0, 0.1) is 6.92 Å². The minimum atomic E-state index is -0.267. The smallest absolute Gasteiger partial charge is 0.338 e. The van der Waals surface area contributed by atoms with Crippen LogP contribution in [-0.4, -0.2) is 12.6 Å². The molecule has 1 N–H and O–H groups in total. The fourth-order valence-corrected chi connectivity index (χ4v) is 2.04. The van der Waals surface area contributed by atoms with Crippen LogP contribution in [0.1, 0.15) is 34.8 Å². The van der Waals surface area contributed by atoms with Crippen LogP contribution in [0.15, 0.2) is 48.5 Å². The number of esters is 1. The average molecular weight is 283 g/mol. The molecule has 0 aliphatic rings. The Balaban J connectivity index is 2.01. The van der Waals surface area contributed by atoms with Gasteiger partial charge in [0.1, 0.15) is 0 Å². The zero-order valence-electron chi connectivity index (χ0n) is 12.6. The lowest BCUT2D eigenvalue weighted by molar-refractivity contribution is 0.0505. The minimum Gasteiger partial charge on any atom is -0.462 e. The minimum absolute atomic E-state index is 0.267. The highest BCUT2D eigenvalue weighted by atomic mass is 16.5. The number of rotatable bonds is 6. The molecule has 0 saturated heterocycles. The van der Waals surface area contributed by atoms with Crippen LogP contribution >= 0.6 is 0 Å². The first-order valence-electron chi connectivity index (χ1n) is 7.26. The van der Waals surface area contributed by atoms with E-state index in [-0.39, 0.29) is 5.97 Å².